The molecule has 0 atom stereocenters. The SMILES string of the molecule is Cc1nc(C(C)(C)C)oc1CCC(=O)Nc1ccc(C#N)cc1. The lowest BCUT2D eigenvalue weighted by molar-refractivity contribution is -0.116. The fourth-order valence-electron chi connectivity index (χ4n) is 2.06. The largest absolute Gasteiger partial charge is 0.445 e. The first-order valence-corrected chi connectivity index (χ1v) is 7.56. The topological polar surface area (TPSA) is 78.9 Å². The second-order valence-corrected chi connectivity index (χ2v) is 6.51. The molecule has 0 saturated heterocycles. The summed E-state index contributed by atoms with van der Waals surface area (Å²) in [6, 6.07) is 8.82. The summed E-state index contributed by atoms with van der Waals surface area (Å²) in [5.41, 5.74) is 1.93. The lowest BCUT2D eigenvalue weighted by atomic mass is 9.97. The molecule has 1 amide bonds. The average Bonchev–Trinajstić information content (AvgIpc) is 2.87. The van der Waals surface area contributed by atoms with Gasteiger partial charge < -0.3 is 9.73 Å². The van der Waals surface area contributed by atoms with Crippen LogP contribution >= 0.6 is 0 Å². The van der Waals surface area contributed by atoms with Gasteiger partial charge in [-0.25, -0.2) is 4.98 Å². The molecule has 0 bridgehead atoms. The molecular formula is C18H21N3O2. The van der Waals surface area contributed by atoms with E-state index in [-0.39, 0.29) is 11.3 Å². The first kappa shape index (κ1) is 16.8. The number of rotatable bonds is 4. The molecule has 2 rings (SSSR count). The molecule has 0 unspecified atom stereocenters. The zero-order chi connectivity index (χ0) is 17.0. The van der Waals surface area contributed by atoms with Crippen molar-refractivity contribution in [2.24, 2.45) is 0 Å². The van der Waals surface area contributed by atoms with Crippen LogP contribution in [0, 0.1) is 18.3 Å². The van der Waals surface area contributed by atoms with Gasteiger partial charge in [-0.05, 0) is 31.2 Å². The van der Waals surface area contributed by atoms with Crippen molar-refractivity contribution >= 4 is 11.6 Å². The second kappa shape index (κ2) is 6.66. The van der Waals surface area contributed by atoms with Crippen molar-refractivity contribution in [1.82, 2.24) is 4.98 Å². The van der Waals surface area contributed by atoms with Crippen molar-refractivity contribution in [2.45, 2.75) is 46.0 Å². The van der Waals surface area contributed by atoms with Crippen LogP contribution < -0.4 is 5.32 Å². The highest BCUT2D eigenvalue weighted by Gasteiger charge is 2.22. The lowest BCUT2D eigenvalue weighted by Gasteiger charge is -2.12. The van der Waals surface area contributed by atoms with Gasteiger partial charge >= 0.3 is 0 Å². The van der Waals surface area contributed by atoms with Crippen LogP contribution in [0.25, 0.3) is 0 Å². The summed E-state index contributed by atoms with van der Waals surface area (Å²) in [6.07, 6.45) is 0.830. The number of carbonyl (C=O) groups is 1. The maximum atomic E-state index is 12.0. The van der Waals surface area contributed by atoms with Gasteiger partial charge in [0, 0.05) is 23.9 Å². The van der Waals surface area contributed by atoms with Crippen LogP contribution in [0.2, 0.25) is 0 Å². The van der Waals surface area contributed by atoms with Gasteiger partial charge in [0.25, 0.3) is 0 Å². The van der Waals surface area contributed by atoms with Crippen molar-refractivity contribution in [3.05, 3.63) is 47.2 Å². The Labute approximate surface area is 136 Å². The van der Waals surface area contributed by atoms with Crippen molar-refractivity contribution in [2.75, 3.05) is 5.32 Å². The minimum Gasteiger partial charge on any atom is -0.445 e. The zero-order valence-electron chi connectivity index (χ0n) is 13.9. The van der Waals surface area contributed by atoms with Gasteiger partial charge in [-0.1, -0.05) is 20.8 Å². The molecule has 5 heteroatoms. The molecule has 0 aliphatic rings. The third-order valence-electron chi connectivity index (χ3n) is 3.41. The number of aryl methyl sites for hydroxylation is 2. The number of hydrogen-bond donors (Lipinski definition) is 1. The van der Waals surface area contributed by atoms with E-state index >= 15 is 0 Å². The Kier molecular flexibility index (Phi) is 4.85. The molecule has 0 fully saturated rings. The van der Waals surface area contributed by atoms with Gasteiger partial charge in [0.05, 0.1) is 17.3 Å². The molecule has 0 spiro atoms. The Balaban J connectivity index is 1.94. The predicted molar refractivity (Wildman–Crippen MR) is 88.0 cm³/mol. The van der Waals surface area contributed by atoms with Crippen molar-refractivity contribution in [3.63, 3.8) is 0 Å². The number of anilines is 1. The number of nitriles is 1. The van der Waals surface area contributed by atoms with Crippen LogP contribution in [0.15, 0.2) is 28.7 Å². The van der Waals surface area contributed by atoms with Crippen LogP contribution in [0.4, 0.5) is 5.69 Å². The maximum absolute atomic E-state index is 12.0. The smallest absolute Gasteiger partial charge is 0.224 e. The minimum atomic E-state index is -0.145. The van der Waals surface area contributed by atoms with Gasteiger partial charge in [-0.2, -0.15) is 5.26 Å². The molecule has 0 aliphatic heterocycles. The Hall–Kier alpha value is -2.61. The fourth-order valence-corrected chi connectivity index (χ4v) is 2.06. The van der Waals surface area contributed by atoms with E-state index in [9.17, 15) is 4.79 Å². The Morgan fingerprint density at radius 3 is 2.48 bits per heavy atom. The molecular weight excluding hydrogens is 290 g/mol. The number of nitrogens with zero attached hydrogens (tertiary/aromatic N) is 2. The van der Waals surface area contributed by atoms with Gasteiger partial charge in [0.15, 0.2) is 5.89 Å². The lowest BCUT2D eigenvalue weighted by Crippen LogP contribution is -2.12. The molecule has 23 heavy (non-hydrogen) atoms. The number of hydrogen-bond acceptors (Lipinski definition) is 4. The van der Waals surface area contributed by atoms with Gasteiger partial charge in [-0.3, -0.25) is 4.79 Å². The number of amides is 1. The van der Waals surface area contributed by atoms with E-state index in [0.717, 1.165) is 11.5 Å². The summed E-state index contributed by atoms with van der Waals surface area (Å²) >= 11 is 0. The molecule has 1 heterocycles. The van der Waals surface area contributed by atoms with E-state index < -0.39 is 0 Å². The van der Waals surface area contributed by atoms with Gasteiger partial charge in [0.1, 0.15) is 5.76 Å². The van der Waals surface area contributed by atoms with Crippen LogP contribution in [-0.2, 0) is 16.6 Å². The minimum absolute atomic E-state index is 0.0946. The predicted octanol–water partition coefficient (Wildman–Crippen LogP) is 3.72. The number of nitrogens with one attached hydrogen (secondary N) is 1. The number of benzene rings is 1. The molecule has 1 aromatic carbocycles. The van der Waals surface area contributed by atoms with E-state index in [0.29, 0.717) is 30.0 Å². The monoisotopic (exact) mass is 311 g/mol. The zero-order valence-corrected chi connectivity index (χ0v) is 13.9. The Morgan fingerprint density at radius 2 is 1.96 bits per heavy atom. The maximum Gasteiger partial charge on any atom is 0.224 e. The molecule has 120 valence electrons. The molecule has 1 aromatic heterocycles. The molecule has 0 saturated carbocycles. The second-order valence-electron chi connectivity index (χ2n) is 6.51. The molecule has 5 nitrogen and oxygen atoms in total. The number of aromatic nitrogens is 1. The molecule has 1 N–H and O–H groups in total. The van der Waals surface area contributed by atoms with Crippen molar-refractivity contribution in [3.8, 4) is 6.07 Å². The first-order chi connectivity index (χ1) is 10.8. The summed E-state index contributed by atoms with van der Waals surface area (Å²) < 4.78 is 5.78. The third-order valence-corrected chi connectivity index (χ3v) is 3.41. The highest BCUT2D eigenvalue weighted by Crippen LogP contribution is 2.24. The summed E-state index contributed by atoms with van der Waals surface area (Å²) in [4.78, 5) is 16.5. The Bertz CT molecular complexity index is 731. The molecule has 0 radical (unpaired) electrons. The van der Waals surface area contributed by atoms with Crippen LogP contribution in [0.1, 0.15) is 50.1 Å². The standard InChI is InChI=1S/C18H21N3O2/c1-12-15(23-17(20-12)18(2,3)4)9-10-16(22)21-14-7-5-13(11-19)6-8-14/h5-8H,9-10H2,1-4H3,(H,21,22). The fraction of sp³-hybridized carbons (Fsp3) is 0.389. The first-order valence-electron chi connectivity index (χ1n) is 7.56. The van der Waals surface area contributed by atoms with Crippen LogP contribution in [0.3, 0.4) is 0 Å². The van der Waals surface area contributed by atoms with Crippen LogP contribution in [0.5, 0.6) is 0 Å². The summed E-state index contributed by atoms with van der Waals surface area (Å²) in [5, 5.41) is 11.6. The summed E-state index contributed by atoms with van der Waals surface area (Å²) in [7, 11) is 0. The highest BCUT2D eigenvalue weighted by atomic mass is 16.4. The van der Waals surface area contributed by atoms with Crippen LogP contribution in [-0.4, -0.2) is 10.9 Å². The van der Waals surface area contributed by atoms with Gasteiger partial charge in [0.2, 0.25) is 5.91 Å². The average molecular weight is 311 g/mol. The van der Waals surface area contributed by atoms with Crippen molar-refractivity contribution < 1.29 is 9.21 Å². The van der Waals surface area contributed by atoms with E-state index in [1.54, 1.807) is 24.3 Å². The van der Waals surface area contributed by atoms with E-state index in [1.165, 1.54) is 0 Å². The number of carbonyl (C=O) groups excluding carboxylic acids is 1. The quantitative estimate of drug-likeness (QED) is 0.933. The number of oxazole rings is 1. The molecule has 2 aromatic rings. The normalized spacial score (nSPS) is 11.1. The summed E-state index contributed by atoms with van der Waals surface area (Å²) in [6.45, 7) is 8.02. The van der Waals surface area contributed by atoms with Crippen molar-refractivity contribution in [1.29, 1.82) is 5.26 Å². The third kappa shape index (κ3) is 4.43. The highest BCUT2D eigenvalue weighted by molar-refractivity contribution is 5.90. The van der Waals surface area contributed by atoms with E-state index in [4.69, 9.17) is 9.68 Å². The Morgan fingerprint density at radius 1 is 1.30 bits per heavy atom. The van der Waals surface area contributed by atoms with E-state index in [2.05, 4.69) is 10.3 Å². The molecule has 0 aliphatic carbocycles. The van der Waals surface area contributed by atoms with Gasteiger partial charge in [-0.15, -0.1) is 0 Å². The van der Waals surface area contributed by atoms with E-state index in [1.807, 2.05) is 33.8 Å². The summed E-state index contributed by atoms with van der Waals surface area (Å²) in [5.74, 6) is 1.35.